The first-order valence-corrected chi connectivity index (χ1v) is 5.29. The van der Waals surface area contributed by atoms with E-state index in [2.05, 4.69) is 36.7 Å². The first-order chi connectivity index (χ1) is 6.59. The van der Waals surface area contributed by atoms with E-state index in [0.29, 0.717) is 0 Å². The molecule has 2 heterocycles. The first kappa shape index (κ1) is 9.50. The van der Waals surface area contributed by atoms with Crippen LogP contribution in [0.15, 0.2) is 18.3 Å². The Morgan fingerprint density at radius 2 is 2.00 bits per heavy atom. The van der Waals surface area contributed by atoms with Gasteiger partial charge in [-0.05, 0) is 17.9 Å². The van der Waals surface area contributed by atoms with Crippen LogP contribution in [0, 0.1) is 0 Å². The fraction of sp³-hybridized carbons (Fsp3) is 0.583. The Balaban J connectivity index is 2.38. The van der Waals surface area contributed by atoms with Crippen LogP contribution >= 0.6 is 0 Å². The predicted molar refractivity (Wildman–Crippen MR) is 59.8 cm³/mol. The lowest BCUT2D eigenvalue weighted by Crippen LogP contribution is -2.39. The quantitative estimate of drug-likeness (QED) is 0.676. The molecule has 1 aliphatic rings. The number of hydrogen-bond donors (Lipinski definition) is 0. The topological polar surface area (TPSA) is 16.1 Å². The van der Waals surface area contributed by atoms with E-state index in [1.807, 2.05) is 12.3 Å². The summed E-state index contributed by atoms with van der Waals surface area (Å²) in [5.74, 6) is 1.19. The van der Waals surface area contributed by atoms with Crippen LogP contribution in [-0.4, -0.2) is 18.1 Å². The number of aromatic nitrogens is 1. The summed E-state index contributed by atoms with van der Waals surface area (Å²) in [6.07, 6.45) is 3.20. The van der Waals surface area contributed by atoms with E-state index < -0.39 is 0 Å². The van der Waals surface area contributed by atoms with Gasteiger partial charge in [0, 0.05) is 24.8 Å². The highest BCUT2D eigenvalue weighted by atomic mass is 15.2. The van der Waals surface area contributed by atoms with Crippen LogP contribution in [0.5, 0.6) is 0 Å². The van der Waals surface area contributed by atoms with Crippen molar-refractivity contribution in [1.82, 2.24) is 4.98 Å². The van der Waals surface area contributed by atoms with Crippen LogP contribution in [0.4, 0.5) is 5.82 Å². The Kier molecular flexibility index (Phi) is 2.22. The molecule has 0 unspecified atom stereocenters. The van der Waals surface area contributed by atoms with Gasteiger partial charge in [-0.2, -0.15) is 0 Å². The van der Waals surface area contributed by atoms with Gasteiger partial charge in [-0.1, -0.05) is 26.8 Å². The average molecular weight is 190 g/mol. The number of nitrogens with zero attached hydrogens (tertiary/aromatic N) is 2. The van der Waals surface area contributed by atoms with Crippen LogP contribution in [0.3, 0.4) is 0 Å². The summed E-state index contributed by atoms with van der Waals surface area (Å²) < 4.78 is 0. The molecule has 14 heavy (non-hydrogen) atoms. The number of rotatable bonds is 1. The zero-order valence-electron chi connectivity index (χ0n) is 9.25. The summed E-state index contributed by atoms with van der Waals surface area (Å²) in [7, 11) is 0. The molecule has 1 fully saturated rings. The van der Waals surface area contributed by atoms with Crippen LogP contribution < -0.4 is 4.90 Å². The second kappa shape index (κ2) is 3.26. The molecule has 1 aromatic heterocycles. The zero-order chi connectivity index (χ0) is 10.2. The molecular formula is C12H18N2. The molecule has 0 aromatic carbocycles. The summed E-state index contributed by atoms with van der Waals surface area (Å²) in [6, 6.07) is 4.23. The van der Waals surface area contributed by atoms with Crippen molar-refractivity contribution in [1.29, 1.82) is 0 Å². The standard InChI is InChI=1S/C12H18N2/c1-12(2,3)10-6-4-7-13-11(10)14-8-5-9-14/h4,6-7H,5,8-9H2,1-3H3. The van der Waals surface area contributed by atoms with E-state index in [0.717, 1.165) is 0 Å². The van der Waals surface area contributed by atoms with Gasteiger partial charge in [0.15, 0.2) is 0 Å². The van der Waals surface area contributed by atoms with Gasteiger partial charge < -0.3 is 4.90 Å². The molecule has 0 spiro atoms. The lowest BCUT2D eigenvalue weighted by atomic mass is 9.87. The van der Waals surface area contributed by atoms with Crippen LogP contribution in [0.1, 0.15) is 32.8 Å². The molecule has 0 radical (unpaired) electrons. The summed E-state index contributed by atoms with van der Waals surface area (Å²) in [5, 5.41) is 0. The second-order valence-electron chi connectivity index (χ2n) is 4.97. The number of anilines is 1. The van der Waals surface area contributed by atoms with E-state index in [1.165, 1.54) is 30.9 Å². The zero-order valence-corrected chi connectivity index (χ0v) is 9.25. The third-order valence-electron chi connectivity index (χ3n) is 2.75. The molecule has 0 atom stereocenters. The summed E-state index contributed by atoms with van der Waals surface area (Å²) >= 11 is 0. The smallest absolute Gasteiger partial charge is 0.132 e. The molecule has 2 rings (SSSR count). The Bertz CT molecular complexity index is 321. The normalized spacial score (nSPS) is 16.6. The van der Waals surface area contributed by atoms with E-state index in [9.17, 15) is 0 Å². The van der Waals surface area contributed by atoms with Crippen molar-refractivity contribution >= 4 is 5.82 Å². The van der Waals surface area contributed by atoms with Crippen molar-refractivity contribution in [3.63, 3.8) is 0 Å². The van der Waals surface area contributed by atoms with Gasteiger partial charge in [0.05, 0.1) is 0 Å². The molecule has 0 aliphatic carbocycles. The Morgan fingerprint density at radius 1 is 1.29 bits per heavy atom. The molecular weight excluding hydrogens is 172 g/mol. The minimum Gasteiger partial charge on any atom is -0.356 e. The van der Waals surface area contributed by atoms with Crippen molar-refractivity contribution in [3.8, 4) is 0 Å². The molecule has 1 aliphatic heterocycles. The number of hydrogen-bond acceptors (Lipinski definition) is 2. The van der Waals surface area contributed by atoms with Crippen molar-refractivity contribution < 1.29 is 0 Å². The van der Waals surface area contributed by atoms with Crippen molar-refractivity contribution in [2.75, 3.05) is 18.0 Å². The van der Waals surface area contributed by atoms with Gasteiger partial charge in [0.25, 0.3) is 0 Å². The summed E-state index contributed by atoms with van der Waals surface area (Å²) in [6.45, 7) is 9.06. The largest absolute Gasteiger partial charge is 0.356 e. The van der Waals surface area contributed by atoms with Crippen LogP contribution in [-0.2, 0) is 5.41 Å². The SMILES string of the molecule is CC(C)(C)c1cccnc1N1CCC1. The van der Waals surface area contributed by atoms with E-state index >= 15 is 0 Å². The van der Waals surface area contributed by atoms with Crippen molar-refractivity contribution in [2.24, 2.45) is 0 Å². The van der Waals surface area contributed by atoms with Gasteiger partial charge in [-0.15, -0.1) is 0 Å². The van der Waals surface area contributed by atoms with Gasteiger partial charge in [-0.25, -0.2) is 4.98 Å². The Hall–Kier alpha value is -1.05. The summed E-state index contributed by atoms with van der Waals surface area (Å²) in [5.41, 5.74) is 1.55. The molecule has 0 bridgehead atoms. The molecule has 0 amide bonds. The molecule has 2 nitrogen and oxygen atoms in total. The van der Waals surface area contributed by atoms with Crippen molar-refractivity contribution in [2.45, 2.75) is 32.6 Å². The molecule has 1 saturated heterocycles. The van der Waals surface area contributed by atoms with Gasteiger partial charge >= 0.3 is 0 Å². The monoisotopic (exact) mass is 190 g/mol. The second-order valence-corrected chi connectivity index (χ2v) is 4.97. The third kappa shape index (κ3) is 1.61. The Morgan fingerprint density at radius 3 is 2.50 bits per heavy atom. The highest BCUT2D eigenvalue weighted by Gasteiger charge is 2.24. The maximum absolute atomic E-state index is 4.49. The highest BCUT2D eigenvalue weighted by molar-refractivity contribution is 5.51. The number of pyridine rings is 1. The first-order valence-electron chi connectivity index (χ1n) is 5.29. The van der Waals surface area contributed by atoms with Gasteiger partial charge in [0.2, 0.25) is 0 Å². The maximum Gasteiger partial charge on any atom is 0.132 e. The van der Waals surface area contributed by atoms with Crippen LogP contribution in [0.25, 0.3) is 0 Å². The fourth-order valence-corrected chi connectivity index (χ4v) is 1.76. The average Bonchev–Trinajstić information content (AvgIpc) is 2.00. The lowest BCUT2D eigenvalue weighted by molar-refractivity contribution is 0.560. The molecule has 76 valence electrons. The van der Waals surface area contributed by atoms with Crippen LogP contribution in [0.2, 0.25) is 0 Å². The molecule has 0 N–H and O–H groups in total. The van der Waals surface area contributed by atoms with Gasteiger partial charge in [0.1, 0.15) is 5.82 Å². The fourth-order valence-electron chi connectivity index (χ4n) is 1.76. The lowest BCUT2D eigenvalue weighted by Gasteiger charge is -2.36. The molecule has 0 saturated carbocycles. The Labute approximate surface area is 86.0 Å². The van der Waals surface area contributed by atoms with Gasteiger partial charge in [-0.3, -0.25) is 0 Å². The minimum atomic E-state index is 0.194. The van der Waals surface area contributed by atoms with E-state index in [1.54, 1.807) is 0 Å². The van der Waals surface area contributed by atoms with Crippen molar-refractivity contribution in [3.05, 3.63) is 23.9 Å². The maximum atomic E-state index is 4.49. The van der Waals surface area contributed by atoms with E-state index in [-0.39, 0.29) is 5.41 Å². The molecule has 1 aromatic rings. The minimum absolute atomic E-state index is 0.194. The predicted octanol–water partition coefficient (Wildman–Crippen LogP) is 2.59. The third-order valence-corrected chi connectivity index (χ3v) is 2.75. The summed E-state index contributed by atoms with van der Waals surface area (Å²) in [4.78, 5) is 6.85. The van der Waals surface area contributed by atoms with E-state index in [4.69, 9.17) is 0 Å². The molecule has 2 heteroatoms. The highest BCUT2D eigenvalue weighted by Crippen LogP contribution is 2.31.